The quantitative estimate of drug-likeness (QED) is 0.684. The summed E-state index contributed by atoms with van der Waals surface area (Å²) in [5.74, 6) is 1.83. The molecule has 1 unspecified atom stereocenters. The maximum atomic E-state index is 6.66. The lowest BCUT2D eigenvalue weighted by Crippen LogP contribution is -2.02. The Balaban J connectivity index is 2.52. The zero-order valence-corrected chi connectivity index (χ0v) is 13.1. The average molecular weight is 277 g/mol. The van der Waals surface area contributed by atoms with Crippen molar-refractivity contribution in [1.29, 1.82) is 0 Å². The summed E-state index contributed by atoms with van der Waals surface area (Å²) in [4.78, 5) is 0. The molecular weight excluding hydrogens is 256 g/mol. The molecule has 0 radical (unpaired) electrons. The number of alkyl halides is 1. The molecule has 0 amide bonds. The van der Waals surface area contributed by atoms with E-state index >= 15 is 0 Å². The second-order valence-corrected chi connectivity index (χ2v) is 5.63. The highest BCUT2D eigenvalue weighted by molar-refractivity contribution is 6.22. The van der Waals surface area contributed by atoms with Gasteiger partial charge in [0.1, 0.15) is 16.9 Å². The molecule has 0 aliphatic heterocycles. The van der Waals surface area contributed by atoms with Crippen molar-refractivity contribution in [3.8, 4) is 0 Å². The van der Waals surface area contributed by atoms with E-state index in [2.05, 4.69) is 40.7 Å². The highest BCUT2D eigenvalue weighted by Crippen LogP contribution is 2.36. The van der Waals surface area contributed by atoms with E-state index in [1.807, 2.05) is 12.1 Å². The van der Waals surface area contributed by atoms with Gasteiger partial charge in [0.2, 0.25) is 0 Å². The van der Waals surface area contributed by atoms with E-state index in [4.69, 9.17) is 16.0 Å². The van der Waals surface area contributed by atoms with Gasteiger partial charge in [-0.15, -0.1) is 11.6 Å². The molecule has 1 aromatic heterocycles. The Morgan fingerprint density at radius 3 is 2.11 bits per heavy atom. The zero-order valence-electron chi connectivity index (χ0n) is 12.3. The van der Waals surface area contributed by atoms with E-state index in [1.54, 1.807) is 0 Å². The lowest BCUT2D eigenvalue weighted by atomic mass is 9.91. The van der Waals surface area contributed by atoms with Gasteiger partial charge >= 0.3 is 0 Å². The Hall–Kier alpha value is -1.21. The van der Waals surface area contributed by atoms with Crippen LogP contribution in [0, 0.1) is 27.7 Å². The van der Waals surface area contributed by atoms with Gasteiger partial charge in [0.25, 0.3) is 0 Å². The normalized spacial score (nSPS) is 12.7. The minimum Gasteiger partial charge on any atom is -0.464 e. The van der Waals surface area contributed by atoms with Crippen molar-refractivity contribution in [2.45, 2.75) is 46.4 Å². The van der Waals surface area contributed by atoms with Crippen LogP contribution < -0.4 is 0 Å². The maximum Gasteiger partial charge on any atom is 0.126 e. The van der Waals surface area contributed by atoms with Gasteiger partial charge in [-0.25, -0.2) is 0 Å². The molecule has 0 saturated carbocycles. The molecule has 0 saturated heterocycles. The number of aryl methyl sites for hydroxylation is 3. The summed E-state index contributed by atoms with van der Waals surface area (Å²) in [6.45, 7) is 10.6. The van der Waals surface area contributed by atoms with Crippen LogP contribution in [0.3, 0.4) is 0 Å². The minimum atomic E-state index is -0.209. The molecule has 0 bridgehead atoms. The molecule has 1 aromatic carbocycles. The molecule has 2 rings (SSSR count). The summed E-state index contributed by atoms with van der Waals surface area (Å²) >= 11 is 6.66. The predicted octanol–water partition coefficient (Wildman–Crippen LogP) is 5.40. The Morgan fingerprint density at radius 2 is 1.63 bits per heavy atom. The first-order valence-corrected chi connectivity index (χ1v) is 7.19. The van der Waals surface area contributed by atoms with Crippen LogP contribution >= 0.6 is 11.6 Å². The van der Waals surface area contributed by atoms with Crippen LogP contribution in [0.2, 0.25) is 0 Å². The molecule has 2 heteroatoms. The van der Waals surface area contributed by atoms with Gasteiger partial charge in [-0.2, -0.15) is 0 Å². The third-order valence-electron chi connectivity index (χ3n) is 3.96. The molecule has 0 spiro atoms. The molecule has 0 aliphatic rings. The minimum absolute atomic E-state index is 0.209. The van der Waals surface area contributed by atoms with Crippen molar-refractivity contribution < 1.29 is 4.42 Å². The molecule has 19 heavy (non-hydrogen) atoms. The second-order valence-electron chi connectivity index (χ2n) is 5.19. The van der Waals surface area contributed by atoms with Crippen LogP contribution in [0.5, 0.6) is 0 Å². The Morgan fingerprint density at radius 1 is 1.05 bits per heavy atom. The molecule has 1 atom stereocenters. The first kappa shape index (κ1) is 14.2. The Kier molecular flexibility index (Phi) is 4.05. The summed E-state index contributed by atoms with van der Waals surface area (Å²) in [6, 6.07) is 6.22. The van der Waals surface area contributed by atoms with Crippen molar-refractivity contribution in [2.24, 2.45) is 0 Å². The Labute approximate surface area is 120 Å². The molecule has 0 N–H and O–H groups in total. The summed E-state index contributed by atoms with van der Waals surface area (Å²) < 4.78 is 5.81. The fourth-order valence-electron chi connectivity index (χ4n) is 2.49. The van der Waals surface area contributed by atoms with Crippen LogP contribution in [0.1, 0.15) is 51.6 Å². The smallest absolute Gasteiger partial charge is 0.126 e. The van der Waals surface area contributed by atoms with E-state index in [1.165, 1.54) is 27.8 Å². The molecule has 2 aromatic rings. The molecule has 102 valence electrons. The number of hydrogen-bond acceptors (Lipinski definition) is 1. The van der Waals surface area contributed by atoms with Crippen molar-refractivity contribution in [2.75, 3.05) is 0 Å². The van der Waals surface area contributed by atoms with Crippen LogP contribution in [-0.2, 0) is 6.42 Å². The third-order valence-corrected chi connectivity index (χ3v) is 4.39. The molecule has 1 heterocycles. The summed E-state index contributed by atoms with van der Waals surface area (Å²) in [7, 11) is 0. The van der Waals surface area contributed by atoms with Crippen LogP contribution in [0.4, 0.5) is 0 Å². The highest BCUT2D eigenvalue weighted by atomic mass is 35.5. The highest BCUT2D eigenvalue weighted by Gasteiger charge is 2.21. The lowest BCUT2D eigenvalue weighted by molar-refractivity contribution is 0.474. The zero-order chi connectivity index (χ0) is 14.2. The van der Waals surface area contributed by atoms with Crippen molar-refractivity contribution >= 4 is 11.6 Å². The van der Waals surface area contributed by atoms with Crippen molar-refractivity contribution in [3.63, 3.8) is 0 Å². The van der Waals surface area contributed by atoms with E-state index in [9.17, 15) is 0 Å². The van der Waals surface area contributed by atoms with Crippen LogP contribution in [0.15, 0.2) is 22.6 Å². The monoisotopic (exact) mass is 276 g/mol. The number of rotatable bonds is 3. The van der Waals surface area contributed by atoms with Crippen LogP contribution in [-0.4, -0.2) is 0 Å². The SMILES string of the molecule is CCc1ccc(C(Cl)c2c(C)c(C)cc(C)c2C)o1. The third kappa shape index (κ3) is 2.57. The van der Waals surface area contributed by atoms with Gasteiger partial charge < -0.3 is 4.42 Å². The summed E-state index contributed by atoms with van der Waals surface area (Å²) in [6.07, 6.45) is 0.897. The van der Waals surface area contributed by atoms with Gasteiger partial charge in [-0.1, -0.05) is 13.0 Å². The van der Waals surface area contributed by atoms with Crippen molar-refractivity contribution in [3.05, 3.63) is 57.5 Å². The van der Waals surface area contributed by atoms with Gasteiger partial charge in [0.05, 0.1) is 0 Å². The fourth-order valence-corrected chi connectivity index (χ4v) is 2.94. The summed E-state index contributed by atoms with van der Waals surface area (Å²) in [5.41, 5.74) is 6.28. The fraction of sp³-hybridized carbons (Fsp3) is 0.412. The average Bonchev–Trinajstić information content (AvgIpc) is 2.85. The molecule has 0 aliphatic carbocycles. The van der Waals surface area contributed by atoms with E-state index in [0.29, 0.717) is 0 Å². The first-order valence-electron chi connectivity index (χ1n) is 6.75. The standard InChI is InChI=1S/C17H21ClO/c1-6-14-7-8-15(19-14)17(18)16-12(4)10(2)9-11(3)13(16)5/h7-9,17H,6H2,1-5H3. The van der Waals surface area contributed by atoms with Gasteiger partial charge in [0, 0.05) is 6.42 Å². The van der Waals surface area contributed by atoms with Gasteiger partial charge in [-0.05, 0) is 67.6 Å². The Bertz CT molecular complexity index is 569. The van der Waals surface area contributed by atoms with Crippen molar-refractivity contribution in [1.82, 2.24) is 0 Å². The van der Waals surface area contributed by atoms with Crippen LogP contribution in [0.25, 0.3) is 0 Å². The second kappa shape index (κ2) is 5.42. The predicted molar refractivity (Wildman–Crippen MR) is 81.2 cm³/mol. The largest absolute Gasteiger partial charge is 0.464 e. The van der Waals surface area contributed by atoms with E-state index < -0.39 is 0 Å². The van der Waals surface area contributed by atoms with Gasteiger partial charge in [0.15, 0.2) is 0 Å². The number of furan rings is 1. The molecule has 1 nitrogen and oxygen atoms in total. The lowest BCUT2D eigenvalue weighted by Gasteiger charge is -2.18. The van der Waals surface area contributed by atoms with E-state index in [-0.39, 0.29) is 5.38 Å². The number of hydrogen-bond donors (Lipinski definition) is 0. The maximum absolute atomic E-state index is 6.66. The first-order chi connectivity index (χ1) is 8.95. The summed E-state index contributed by atoms with van der Waals surface area (Å²) in [5, 5.41) is -0.209. The molecule has 0 fully saturated rings. The topological polar surface area (TPSA) is 13.1 Å². The number of benzene rings is 1. The van der Waals surface area contributed by atoms with E-state index in [0.717, 1.165) is 17.9 Å². The van der Waals surface area contributed by atoms with Gasteiger partial charge in [-0.3, -0.25) is 0 Å². The molecular formula is C17H21ClO. The number of halogens is 1.